The number of amides is 1. The van der Waals surface area contributed by atoms with Gasteiger partial charge in [-0.05, 0) is 66.4 Å². The number of rotatable bonds is 9. The third kappa shape index (κ3) is 6.54. The number of esters is 1. The maximum absolute atomic E-state index is 13.3. The van der Waals surface area contributed by atoms with Gasteiger partial charge in [0, 0.05) is 12.0 Å². The van der Waals surface area contributed by atoms with Gasteiger partial charge in [0.2, 0.25) is 0 Å². The van der Waals surface area contributed by atoms with Gasteiger partial charge in [0.1, 0.15) is 5.75 Å². The molecule has 0 heterocycles. The Bertz CT molecular complexity index is 1330. The maximum atomic E-state index is 13.3. The lowest BCUT2D eigenvalue weighted by atomic mass is 9.95. The highest BCUT2D eigenvalue weighted by atomic mass is 16.5. The van der Waals surface area contributed by atoms with E-state index in [1.165, 1.54) is 0 Å². The van der Waals surface area contributed by atoms with Crippen LogP contribution in [0, 0.1) is 6.92 Å². The molecule has 1 amide bonds. The standard InChI is InChI=1S/C31H27NO4/c1-22-10-8-9-15-26(22)21-29(33)28(32-30(34)24-11-4-2-5-12-24)20-23-16-18-27(19-17-23)36-31(35)25-13-6-3-7-14-25/h2-19,28H,20-21H2,1H3,(H,32,34). The van der Waals surface area contributed by atoms with Crippen molar-refractivity contribution in [2.45, 2.75) is 25.8 Å². The van der Waals surface area contributed by atoms with Gasteiger partial charge in [-0.15, -0.1) is 0 Å². The van der Waals surface area contributed by atoms with Crippen molar-refractivity contribution in [3.63, 3.8) is 0 Å². The Kier molecular flexibility index (Phi) is 8.04. The lowest BCUT2D eigenvalue weighted by molar-refractivity contribution is -0.120. The van der Waals surface area contributed by atoms with E-state index >= 15 is 0 Å². The van der Waals surface area contributed by atoms with Crippen molar-refractivity contribution in [3.05, 3.63) is 137 Å². The summed E-state index contributed by atoms with van der Waals surface area (Å²) in [4.78, 5) is 38.5. The first-order valence-electron chi connectivity index (χ1n) is 11.8. The van der Waals surface area contributed by atoms with Crippen LogP contribution in [-0.2, 0) is 17.6 Å². The van der Waals surface area contributed by atoms with Gasteiger partial charge >= 0.3 is 5.97 Å². The fraction of sp³-hybridized carbons (Fsp3) is 0.129. The SMILES string of the molecule is Cc1ccccc1CC(=O)C(Cc1ccc(OC(=O)c2ccccc2)cc1)NC(=O)c1ccccc1. The minimum atomic E-state index is -0.713. The number of nitrogens with one attached hydrogen (secondary N) is 1. The number of benzene rings is 4. The molecule has 0 aliphatic heterocycles. The van der Waals surface area contributed by atoms with E-state index in [1.54, 1.807) is 72.8 Å². The summed E-state index contributed by atoms with van der Waals surface area (Å²) in [6.45, 7) is 1.97. The topological polar surface area (TPSA) is 72.5 Å². The number of Topliss-reactive ketones (excluding diaryl/α,β-unsaturated/α-hetero) is 1. The van der Waals surface area contributed by atoms with Crippen LogP contribution in [-0.4, -0.2) is 23.7 Å². The fourth-order valence-electron chi connectivity index (χ4n) is 3.87. The van der Waals surface area contributed by atoms with Gasteiger partial charge in [-0.25, -0.2) is 4.79 Å². The average Bonchev–Trinajstić information content (AvgIpc) is 2.91. The number of aryl methyl sites for hydroxylation is 1. The number of carbonyl (C=O) groups excluding carboxylic acids is 3. The molecule has 1 atom stereocenters. The highest BCUT2D eigenvalue weighted by Gasteiger charge is 2.23. The smallest absolute Gasteiger partial charge is 0.343 e. The monoisotopic (exact) mass is 477 g/mol. The molecule has 4 aromatic carbocycles. The van der Waals surface area contributed by atoms with E-state index in [-0.39, 0.29) is 18.1 Å². The lowest BCUT2D eigenvalue weighted by Gasteiger charge is -2.19. The number of ether oxygens (including phenoxy) is 1. The molecular weight excluding hydrogens is 450 g/mol. The Hall–Kier alpha value is -4.51. The van der Waals surface area contributed by atoms with Crippen LogP contribution in [0.25, 0.3) is 0 Å². The van der Waals surface area contributed by atoms with Crippen molar-refractivity contribution >= 4 is 17.7 Å². The first-order chi connectivity index (χ1) is 17.5. The van der Waals surface area contributed by atoms with Crippen molar-refractivity contribution in [3.8, 4) is 5.75 Å². The number of hydrogen-bond donors (Lipinski definition) is 1. The van der Waals surface area contributed by atoms with Gasteiger partial charge in [-0.3, -0.25) is 9.59 Å². The Morgan fingerprint density at radius 2 is 1.31 bits per heavy atom. The molecular formula is C31H27NO4. The molecule has 5 nitrogen and oxygen atoms in total. The van der Waals surface area contributed by atoms with Crippen LogP contribution in [0.15, 0.2) is 109 Å². The predicted molar refractivity (Wildman–Crippen MR) is 139 cm³/mol. The van der Waals surface area contributed by atoms with Crippen LogP contribution >= 0.6 is 0 Å². The quantitative estimate of drug-likeness (QED) is 0.260. The van der Waals surface area contributed by atoms with E-state index in [1.807, 2.05) is 43.3 Å². The van der Waals surface area contributed by atoms with Crippen molar-refractivity contribution in [2.75, 3.05) is 0 Å². The Balaban J connectivity index is 1.48. The van der Waals surface area contributed by atoms with Crippen molar-refractivity contribution in [1.82, 2.24) is 5.32 Å². The van der Waals surface area contributed by atoms with Crippen molar-refractivity contribution < 1.29 is 19.1 Å². The molecule has 0 saturated heterocycles. The van der Waals surface area contributed by atoms with Gasteiger partial charge in [0.15, 0.2) is 5.78 Å². The highest BCUT2D eigenvalue weighted by Crippen LogP contribution is 2.17. The molecule has 0 saturated carbocycles. The number of hydrogen-bond acceptors (Lipinski definition) is 4. The van der Waals surface area contributed by atoms with Crippen LogP contribution in [0.3, 0.4) is 0 Å². The molecule has 1 unspecified atom stereocenters. The summed E-state index contributed by atoms with van der Waals surface area (Å²) < 4.78 is 5.45. The van der Waals surface area contributed by atoms with Crippen LogP contribution in [0.4, 0.5) is 0 Å². The van der Waals surface area contributed by atoms with Gasteiger partial charge < -0.3 is 10.1 Å². The van der Waals surface area contributed by atoms with Crippen LogP contribution in [0.5, 0.6) is 5.75 Å². The van der Waals surface area contributed by atoms with Crippen LogP contribution < -0.4 is 10.1 Å². The van der Waals surface area contributed by atoms with Gasteiger partial charge in [-0.1, -0.05) is 72.8 Å². The summed E-state index contributed by atoms with van der Waals surface area (Å²) in [6.07, 6.45) is 0.537. The molecule has 5 heteroatoms. The molecule has 180 valence electrons. The van der Waals surface area contributed by atoms with E-state index in [9.17, 15) is 14.4 Å². The van der Waals surface area contributed by atoms with E-state index in [4.69, 9.17) is 4.74 Å². The summed E-state index contributed by atoms with van der Waals surface area (Å²) in [6, 6.07) is 31.6. The summed E-state index contributed by atoms with van der Waals surface area (Å²) in [7, 11) is 0. The van der Waals surface area contributed by atoms with Gasteiger partial charge in [0.25, 0.3) is 5.91 Å². The van der Waals surface area contributed by atoms with Crippen molar-refractivity contribution in [2.24, 2.45) is 0 Å². The summed E-state index contributed by atoms with van der Waals surface area (Å²) >= 11 is 0. The van der Waals surface area contributed by atoms with Crippen LogP contribution in [0.2, 0.25) is 0 Å². The van der Waals surface area contributed by atoms with E-state index in [2.05, 4.69) is 5.32 Å². The number of ketones is 1. The molecule has 0 spiro atoms. The second-order valence-electron chi connectivity index (χ2n) is 8.57. The largest absolute Gasteiger partial charge is 0.423 e. The zero-order valence-corrected chi connectivity index (χ0v) is 20.0. The third-order valence-electron chi connectivity index (χ3n) is 5.94. The fourth-order valence-corrected chi connectivity index (χ4v) is 3.87. The van der Waals surface area contributed by atoms with Gasteiger partial charge in [-0.2, -0.15) is 0 Å². The summed E-state index contributed by atoms with van der Waals surface area (Å²) in [5, 5.41) is 2.92. The molecule has 1 N–H and O–H groups in total. The zero-order valence-electron chi connectivity index (χ0n) is 20.0. The molecule has 0 aliphatic carbocycles. The minimum Gasteiger partial charge on any atom is -0.423 e. The van der Waals surface area contributed by atoms with E-state index in [0.29, 0.717) is 23.3 Å². The molecule has 0 aromatic heterocycles. The molecule has 4 rings (SSSR count). The summed E-state index contributed by atoms with van der Waals surface area (Å²) in [5.41, 5.74) is 3.76. The Morgan fingerprint density at radius 3 is 1.94 bits per heavy atom. The zero-order chi connectivity index (χ0) is 25.3. The van der Waals surface area contributed by atoms with Gasteiger partial charge in [0.05, 0.1) is 11.6 Å². The highest BCUT2D eigenvalue weighted by molar-refractivity contribution is 5.98. The maximum Gasteiger partial charge on any atom is 0.343 e. The van der Waals surface area contributed by atoms with E-state index < -0.39 is 12.0 Å². The second kappa shape index (κ2) is 11.8. The molecule has 4 aromatic rings. The van der Waals surface area contributed by atoms with Crippen molar-refractivity contribution in [1.29, 1.82) is 0 Å². The first-order valence-corrected chi connectivity index (χ1v) is 11.8. The third-order valence-corrected chi connectivity index (χ3v) is 5.94. The average molecular weight is 478 g/mol. The molecule has 0 radical (unpaired) electrons. The normalized spacial score (nSPS) is 11.4. The van der Waals surface area contributed by atoms with E-state index in [0.717, 1.165) is 16.7 Å². The Labute approximate surface area is 210 Å². The second-order valence-corrected chi connectivity index (χ2v) is 8.57. The summed E-state index contributed by atoms with van der Waals surface area (Å²) in [5.74, 6) is -0.409. The lowest BCUT2D eigenvalue weighted by Crippen LogP contribution is -2.43. The number of carbonyl (C=O) groups is 3. The minimum absolute atomic E-state index is 0.0758. The molecule has 36 heavy (non-hydrogen) atoms. The Morgan fingerprint density at radius 1 is 0.722 bits per heavy atom. The van der Waals surface area contributed by atoms with Crippen LogP contribution in [0.1, 0.15) is 37.4 Å². The molecule has 0 aliphatic rings. The molecule has 0 fully saturated rings. The predicted octanol–water partition coefficient (Wildman–Crippen LogP) is 5.37. The molecule has 0 bridgehead atoms. The first kappa shape index (κ1) is 24.6.